The number of nitrogens with zero attached hydrogens (tertiary/aromatic N) is 2. The second-order valence-corrected chi connectivity index (χ2v) is 12.7. The Hall–Kier alpha value is -3.57. The molecule has 1 saturated heterocycles. The molecule has 1 aliphatic heterocycles. The minimum atomic E-state index is -4.33. The predicted molar refractivity (Wildman–Crippen MR) is 150 cm³/mol. The smallest absolute Gasteiger partial charge is 0.293 e. The maximum absolute atomic E-state index is 12.9. The van der Waals surface area contributed by atoms with Crippen LogP contribution in [0.5, 0.6) is 0 Å². The highest BCUT2D eigenvalue weighted by Gasteiger charge is 2.29. The van der Waals surface area contributed by atoms with E-state index in [0.29, 0.717) is 12.3 Å². The summed E-state index contributed by atoms with van der Waals surface area (Å²) in [5, 5.41) is 14.6. The van der Waals surface area contributed by atoms with Gasteiger partial charge in [-0.3, -0.25) is 14.9 Å². The number of carbonyl (C=O) groups excluding carboxylic acids is 1. The Morgan fingerprint density at radius 2 is 1.79 bits per heavy atom. The fraction of sp³-hybridized carbons (Fsp3) is 0.296. The van der Waals surface area contributed by atoms with Crippen molar-refractivity contribution in [1.29, 1.82) is 0 Å². The molecular weight excluding hydrogens is 524 g/mol. The zero-order valence-electron chi connectivity index (χ0n) is 21.2. The average Bonchev–Trinajstić information content (AvgIpc) is 3.26. The monoisotopic (exact) mass is 554 g/mol. The molecule has 0 aromatic heterocycles. The zero-order valence-corrected chi connectivity index (χ0v) is 22.8. The Kier molecular flexibility index (Phi) is 8.27. The number of sulfonamides is 1. The third-order valence-corrected chi connectivity index (χ3v) is 8.65. The van der Waals surface area contributed by atoms with E-state index < -0.39 is 20.9 Å². The first-order chi connectivity index (χ1) is 18.0. The molecule has 0 spiro atoms. The maximum Gasteiger partial charge on any atom is 0.293 e. The molecule has 0 aliphatic carbocycles. The molecule has 1 heterocycles. The van der Waals surface area contributed by atoms with Crippen molar-refractivity contribution < 1.29 is 18.1 Å². The van der Waals surface area contributed by atoms with Crippen molar-refractivity contribution in [1.82, 2.24) is 4.72 Å². The molecule has 0 unspecified atom stereocenters. The molecule has 9 nitrogen and oxygen atoms in total. The Labute approximate surface area is 226 Å². The van der Waals surface area contributed by atoms with Gasteiger partial charge in [-0.15, -0.1) is 11.8 Å². The summed E-state index contributed by atoms with van der Waals surface area (Å²) in [6.07, 6.45) is 1.07. The first-order valence-electron chi connectivity index (χ1n) is 12.2. The third-order valence-electron chi connectivity index (χ3n) is 6.30. The quantitative estimate of drug-likeness (QED) is 0.153. The first-order valence-corrected chi connectivity index (χ1v) is 14.6. The summed E-state index contributed by atoms with van der Waals surface area (Å²) in [5.74, 6) is -0.146. The van der Waals surface area contributed by atoms with Gasteiger partial charge in [0.1, 0.15) is 5.69 Å². The highest BCUT2D eigenvalue weighted by Crippen LogP contribution is 2.32. The van der Waals surface area contributed by atoms with Gasteiger partial charge in [-0.2, -0.15) is 0 Å². The van der Waals surface area contributed by atoms with Gasteiger partial charge in [0.05, 0.1) is 9.82 Å². The number of thioether (sulfide) groups is 1. The third kappa shape index (κ3) is 6.84. The van der Waals surface area contributed by atoms with E-state index in [1.807, 2.05) is 35.1 Å². The van der Waals surface area contributed by atoms with Crippen LogP contribution in [-0.2, 0) is 10.0 Å². The topological polar surface area (TPSA) is 122 Å². The summed E-state index contributed by atoms with van der Waals surface area (Å²) in [7, 11) is -4.33. The minimum absolute atomic E-state index is 0.180. The molecular formula is C27H30N4O5S2. The van der Waals surface area contributed by atoms with E-state index in [4.69, 9.17) is 0 Å². The lowest BCUT2D eigenvalue weighted by Gasteiger charge is -2.21. The van der Waals surface area contributed by atoms with Crippen molar-refractivity contribution in [3.8, 4) is 0 Å². The number of nitro groups is 1. The van der Waals surface area contributed by atoms with Gasteiger partial charge in [-0.1, -0.05) is 32.0 Å². The lowest BCUT2D eigenvalue weighted by Crippen LogP contribution is -2.30. The van der Waals surface area contributed by atoms with Gasteiger partial charge in [0.15, 0.2) is 0 Å². The highest BCUT2D eigenvalue weighted by molar-refractivity contribution is 7.99. The zero-order chi connectivity index (χ0) is 27.3. The normalized spacial score (nSPS) is 14.7. The van der Waals surface area contributed by atoms with E-state index in [-0.39, 0.29) is 27.2 Å². The minimum Gasteiger partial charge on any atom is -0.379 e. The number of rotatable bonds is 10. The van der Waals surface area contributed by atoms with Crippen LogP contribution in [0.3, 0.4) is 0 Å². The van der Waals surface area contributed by atoms with Gasteiger partial charge in [0.25, 0.3) is 21.6 Å². The van der Waals surface area contributed by atoms with Crippen LogP contribution in [0.15, 0.2) is 82.6 Å². The van der Waals surface area contributed by atoms with Gasteiger partial charge >= 0.3 is 0 Å². The molecule has 200 valence electrons. The molecule has 0 atom stereocenters. The van der Waals surface area contributed by atoms with E-state index in [9.17, 15) is 23.3 Å². The van der Waals surface area contributed by atoms with Crippen LogP contribution in [-0.4, -0.2) is 44.6 Å². The fourth-order valence-electron chi connectivity index (χ4n) is 4.25. The van der Waals surface area contributed by atoms with Crippen LogP contribution < -0.4 is 14.9 Å². The molecule has 0 radical (unpaired) electrons. The van der Waals surface area contributed by atoms with Crippen LogP contribution in [0.2, 0.25) is 0 Å². The molecule has 0 saturated carbocycles. The number of hydrogen-bond acceptors (Lipinski definition) is 8. The molecule has 4 rings (SSSR count). The van der Waals surface area contributed by atoms with E-state index >= 15 is 0 Å². The highest BCUT2D eigenvalue weighted by atomic mass is 32.2. The second-order valence-electron chi connectivity index (χ2n) is 9.84. The molecule has 2 N–H and O–H groups in total. The summed E-state index contributed by atoms with van der Waals surface area (Å²) in [5.41, 5.74) is 1.19. The van der Waals surface area contributed by atoms with Crippen molar-refractivity contribution in [3.63, 3.8) is 0 Å². The number of amides is 1. The molecule has 1 aliphatic rings. The summed E-state index contributed by atoms with van der Waals surface area (Å²) in [6.45, 7) is 6.68. The largest absolute Gasteiger partial charge is 0.379 e. The molecule has 38 heavy (non-hydrogen) atoms. The van der Waals surface area contributed by atoms with Crippen molar-refractivity contribution in [2.75, 3.05) is 35.6 Å². The van der Waals surface area contributed by atoms with Crippen molar-refractivity contribution in [2.45, 2.75) is 30.1 Å². The van der Waals surface area contributed by atoms with E-state index in [1.54, 1.807) is 36.0 Å². The second kappa shape index (κ2) is 11.4. The van der Waals surface area contributed by atoms with Crippen molar-refractivity contribution in [2.24, 2.45) is 5.41 Å². The molecule has 1 amide bonds. The SMILES string of the molecule is CC1(C)CCN(c2ccc(C(=O)NS(=O)(=O)c3ccc(NCCSc4ccccc4)c([N+](=O)[O-])c3)cc2)C1. The van der Waals surface area contributed by atoms with Gasteiger partial charge < -0.3 is 10.2 Å². The van der Waals surface area contributed by atoms with E-state index in [0.717, 1.165) is 36.2 Å². The number of nitro benzene ring substituents is 1. The van der Waals surface area contributed by atoms with Crippen LogP contribution in [0.4, 0.5) is 17.1 Å². The molecule has 1 fully saturated rings. The summed E-state index contributed by atoms with van der Waals surface area (Å²) in [6, 6.07) is 20.0. The Morgan fingerprint density at radius 1 is 1.08 bits per heavy atom. The van der Waals surface area contributed by atoms with E-state index in [1.165, 1.54) is 12.1 Å². The molecule has 11 heteroatoms. The summed E-state index contributed by atoms with van der Waals surface area (Å²) in [4.78, 5) is 26.6. The lowest BCUT2D eigenvalue weighted by molar-refractivity contribution is -0.384. The van der Waals surface area contributed by atoms with E-state index in [2.05, 4.69) is 24.1 Å². The number of carbonyl (C=O) groups is 1. The summed E-state index contributed by atoms with van der Waals surface area (Å²) < 4.78 is 27.8. The van der Waals surface area contributed by atoms with Gasteiger partial charge in [0.2, 0.25) is 0 Å². The van der Waals surface area contributed by atoms with Crippen LogP contribution in [0.1, 0.15) is 30.6 Å². The fourth-order valence-corrected chi connectivity index (χ4v) is 6.03. The Balaban J connectivity index is 1.40. The number of nitrogens with one attached hydrogen (secondary N) is 2. The van der Waals surface area contributed by atoms with Gasteiger partial charge in [-0.25, -0.2) is 13.1 Å². The predicted octanol–water partition coefficient (Wildman–Crippen LogP) is 5.15. The van der Waals surface area contributed by atoms with Crippen molar-refractivity contribution >= 4 is 44.8 Å². The number of hydrogen-bond donors (Lipinski definition) is 2. The van der Waals surface area contributed by atoms with Gasteiger partial charge in [0, 0.05) is 47.6 Å². The molecule has 0 bridgehead atoms. The van der Waals surface area contributed by atoms with Crippen LogP contribution in [0.25, 0.3) is 0 Å². The van der Waals surface area contributed by atoms with Crippen LogP contribution >= 0.6 is 11.8 Å². The lowest BCUT2D eigenvalue weighted by atomic mass is 9.93. The van der Waals surface area contributed by atoms with Gasteiger partial charge in [-0.05, 0) is 60.4 Å². The number of anilines is 2. The van der Waals surface area contributed by atoms with Crippen LogP contribution in [0, 0.1) is 15.5 Å². The first kappa shape index (κ1) is 27.5. The standard InChI is InChI=1S/C27H30N4O5S2/c1-27(2)14-16-30(19-27)21-10-8-20(9-11-21)26(32)29-38(35,36)23-12-13-24(25(18-23)31(33)34)28-15-17-37-22-6-4-3-5-7-22/h3-13,18,28H,14-17,19H2,1-2H3,(H,29,32). The average molecular weight is 555 g/mol. The molecule has 3 aromatic rings. The maximum atomic E-state index is 12.9. The number of benzene rings is 3. The van der Waals surface area contributed by atoms with Crippen molar-refractivity contribution in [3.05, 3.63) is 88.5 Å². The Morgan fingerprint density at radius 3 is 2.42 bits per heavy atom. The molecule has 3 aromatic carbocycles. The Bertz CT molecular complexity index is 1410. The summed E-state index contributed by atoms with van der Waals surface area (Å²) >= 11 is 1.60.